The molecule has 1 aliphatic rings. The fourth-order valence-electron chi connectivity index (χ4n) is 3.26. The quantitative estimate of drug-likeness (QED) is 0.897. The molecule has 1 saturated heterocycles. The lowest BCUT2D eigenvalue weighted by Gasteiger charge is -2.34. The Morgan fingerprint density at radius 1 is 1.25 bits per heavy atom. The maximum atomic E-state index is 13.1. The summed E-state index contributed by atoms with van der Waals surface area (Å²) in [6, 6.07) is 9.33. The van der Waals surface area contributed by atoms with Crippen molar-refractivity contribution in [1.29, 1.82) is 0 Å². The number of aryl methyl sites for hydroxylation is 1. The number of hydrogen-bond donors (Lipinski definition) is 1. The summed E-state index contributed by atoms with van der Waals surface area (Å²) in [5.41, 5.74) is 1.32. The van der Waals surface area contributed by atoms with Crippen molar-refractivity contribution in [2.45, 2.75) is 43.5 Å². The van der Waals surface area contributed by atoms with Gasteiger partial charge >= 0.3 is 0 Å². The van der Waals surface area contributed by atoms with Gasteiger partial charge in [-0.25, -0.2) is 13.1 Å². The maximum Gasteiger partial charge on any atom is 0.246 e. The maximum absolute atomic E-state index is 13.1. The molecule has 1 aromatic heterocycles. The second-order valence-electron chi connectivity index (χ2n) is 6.14. The number of benzene rings is 1. The largest absolute Gasteiger partial charge is 0.396 e. The van der Waals surface area contributed by atoms with E-state index < -0.39 is 10.0 Å². The molecule has 130 valence electrons. The van der Waals surface area contributed by atoms with E-state index in [0.29, 0.717) is 18.7 Å². The summed E-state index contributed by atoms with van der Waals surface area (Å²) < 4.78 is 29.4. The summed E-state index contributed by atoms with van der Waals surface area (Å²) in [6.07, 6.45) is 4.72. The van der Waals surface area contributed by atoms with Gasteiger partial charge in [0.25, 0.3) is 0 Å². The number of sulfonamides is 1. The first kappa shape index (κ1) is 17.1. The number of aliphatic hydroxyl groups excluding tert-OH is 1. The van der Waals surface area contributed by atoms with Crippen molar-refractivity contribution in [1.82, 2.24) is 14.1 Å². The zero-order chi connectivity index (χ0) is 17.2. The molecule has 0 spiro atoms. The van der Waals surface area contributed by atoms with Crippen LogP contribution in [0.25, 0.3) is 5.69 Å². The topological polar surface area (TPSA) is 75.4 Å². The van der Waals surface area contributed by atoms with Crippen molar-refractivity contribution in [3.05, 3.63) is 42.2 Å². The molecule has 6 nitrogen and oxygen atoms in total. The van der Waals surface area contributed by atoms with Crippen molar-refractivity contribution in [3.8, 4) is 5.69 Å². The van der Waals surface area contributed by atoms with E-state index in [1.165, 1.54) is 0 Å². The molecule has 24 heavy (non-hydrogen) atoms. The molecule has 0 amide bonds. The van der Waals surface area contributed by atoms with Gasteiger partial charge in [-0.1, -0.05) is 24.6 Å². The minimum absolute atomic E-state index is 0.00105. The Balaban J connectivity index is 1.96. The van der Waals surface area contributed by atoms with E-state index in [-0.39, 0.29) is 17.5 Å². The van der Waals surface area contributed by atoms with Crippen LogP contribution >= 0.6 is 0 Å². The van der Waals surface area contributed by atoms with Crippen molar-refractivity contribution in [2.24, 2.45) is 0 Å². The van der Waals surface area contributed by atoms with Crippen molar-refractivity contribution >= 4 is 10.0 Å². The van der Waals surface area contributed by atoms with Gasteiger partial charge in [-0.05, 0) is 38.3 Å². The average molecular weight is 349 g/mol. The Morgan fingerprint density at radius 2 is 2.00 bits per heavy atom. The van der Waals surface area contributed by atoms with Crippen LogP contribution < -0.4 is 0 Å². The Morgan fingerprint density at radius 3 is 2.71 bits per heavy atom. The summed E-state index contributed by atoms with van der Waals surface area (Å²) in [5, 5.41) is 13.6. The number of para-hydroxylation sites is 1. The molecule has 1 unspecified atom stereocenters. The third-order valence-electron chi connectivity index (χ3n) is 4.50. The summed E-state index contributed by atoms with van der Waals surface area (Å²) in [4.78, 5) is 0.246. The van der Waals surface area contributed by atoms with E-state index in [4.69, 9.17) is 0 Å². The second-order valence-corrected chi connectivity index (χ2v) is 8.00. The first-order valence-electron chi connectivity index (χ1n) is 8.28. The summed E-state index contributed by atoms with van der Waals surface area (Å²) in [6.45, 7) is 2.22. The van der Waals surface area contributed by atoms with Crippen molar-refractivity contribution in [3.63, 3.8) is 0 Å². The standard InChI is InChI=1S/C17H23N3O3S/c1-14-17(13-19(18-14)15-7-3-2-4-8-15)24(22,23)20-11-6-5-9-16(20)10-12-21/h2-4,7-8,13,16,21H,5-6,9-12H2,1H3. The van der Waals surface area contributed by atoms with Crippen LogP contribution in [0.1, 0.15) is 31.4 Å². The Bertz CT molecular complexity index is 785. The molecule has 1 aromatic carbocycles. The van der Waals surface area contributed by atoms with Gasteiger partial charge in [0.15, 0.2) is 0 Å². The zero-order valence-electron chi connectivity index (χ0n) is 13.8. The van der Waals surface area contributed by atoms with Crippen LogP contribution in [0.15, 0.2) is 41.4 Å². The highest BCUT2D eigenvalue weighted by Crippen LogP contribution is 2.28. The Hall–Kier alpha value is -1.70. The van der Waals surface area contributed by atoms with E-state index in [1.807, 2.05) is 30.3 Å². The van der Waals surface area contributed by atoms with Gasteiger partial charge in [-0.2, -0.15) is 9.40 Å². The van der Waals surface area contributed by atoms with Gasteiger partial charge < -0.3 is 5.11 Å². The predicted molar refractivity (Wildman–Crippen MR) is 91.5 cm³/mol. The molecular weight excluding hydrogens is 326 g/mol. The SMILES string of the molecule is Cc1nn(-c2ccccc2)cc1S(=O)(=O)N1CCCCC1CCO. The van der Waals surface area contributed by atoms with E-state index in [0.717, 1.165) is 24.9 Å². The zero-order valence-corrected chi connectivity index (χ0v) is 14.6. The summed E-state index contributed by atoms with van der Waals surface area (Å²) in [7, 11) is -3.61. The lowest BCUT2D eigenvalue weighted by atomic mass is 10.0. The third kappa shape index (κ3) is 3.24. The number of piperidine rings is 1. The van der Waals surface area contributed by atoms with E-state index in [2.05, 4.69) is 5.10 Å². The van der Waals surface area contributed by atoms with Gasteiger partial charge in [0, 0.05) is 19.2 Å². The smallest absolute Gasteiger partial charge is 0.246 e. The lowest BCUT2D eigenvalue weighted by molar-refractivity contribution is 0.192. The van der Waals surface area contributed by atoms with E-state index in [9.17, 15) is 13.5 Å². The molecule has 0 saturated carbocycles. The van der Waals surface area contributed by atoms with Crippen LogP contribution in [-0.4, -0.2) is 46.8 Å². The molecule has 7 heteroatoms. The predicted octanol–water partition coefficient (Wildman–Crippen LogP) is 2.11. The molecule has 0 bridgehead atoms. The lowest BCUT2D eigenvalue weighted by Crippen LogP contribution is -2.44. The normalized spacial score (nSPS) is 19.5. The first-order valence-corrected chi connectivity index (χ1v) is 9.72. The molecule has 1 atom stereocenters. The first-order chi connectivity index (χ1) is 11.5. The fourth-order valence-corrected chi connectivity index (χ4v) is 5.14. The molecule has 0 aliphatic carbocycles. The van der Waals surface area contributed by atoms with Crippen LogP contribution in [0, 0.1) is 6.92 Å². The molecule has 2 heterocycles. The monoisotopic (exact) mass is 349 g/mol. The molecule has 2 aromatic rings. The van der Waals surface area contributed by atoms with E-state index in [1.54, 1.807) is 22.1 Å². The number of aliphatic hydroxyl groups is 1. The van der Waals surface area contributed by atoms with Gasteiger partial charge in [-0.3, -0.25) is 0 Å². The van der Waals surface area contributed by atoms with Gasteiger partial charge in [0.05, 0.1) is 17.6 Å². The van der Waals surface area contributed by atoms with Crippen LogP contribution in [0.3, 0.4) is 0 Å². The third-order valence-corrected chi connectivity index (χ3v) is 6.55. The minimum atomic E-state index is -3.61. The number of nitrogens with zero attached hydrogens (tertiary/aromatic N) is 3. The number of aromatic nitrogens is 2. The highest BCUT2D eigenvalue weighted by Gasteiger charge is 2.35. The van der Waals surface area contributed by atoms with Crippen LogP contribution in [0.5, 0.6) is 0 Å². The molecule has 1 aliphatic heterocycles. The highest BCUT2D eigenvalue weighted by molar-refractivity contribution is 7.89. The van der Waals surface area contributed by atoms with E-state index >= 15 is 0 Å². The number of hydrogen-bond acceptors (Lipinski definition) is 4. The molecule has 0 radical (unpaired) electrons. The average Bonchev–Trinajstić information content (AvgIpc) is 2.99. The molecular formula is C17H23N3O3S. The van der Waals surface area contributed by atoms with Gasteiger partial charge in [0.2, 0.25) is 10.0 Å². The highest BCUT2D eigenvalue weighted by atomic mass is 32.2. The second kappa shape index (κ2) is 7.04. The van der Waals surface area contributed by atoms with Crippen LogP contribution in [0.2, 0.25) is 0 Å². The summed E-state index contributed by atoms with van der Waals surface area (Å²) >= 11 is 0. The molecule has 1 N–H and O–H groups in total. The Labute approximate surface area is 142 Å². The summed E-state index contributed by atoms with van der Waals surface area (Å²) in [5.74, 6) is 0. The number of rotatable bonds is 5. The van der Waals surface area contributed by atoms with Crippen LogP contribution in [0.4, 0.5) is 0 Å². The van der Waals surface area contributed by atoms with Crippen LogP contribution in [-0.2, 0) is 10.0 Å². The Kier molecular flexibility index (Phi) is 5.03. The fraction of sp³-hybridized carbons (Fsp3) is 0.471. The van der Waals surface area contributed by atoms with Crippen molar-refractivity contribution in [2.75, 3.05) is 13.2 Å². The van der Waals surface area contributed by atoms with Crippen molar-refractivity contribution < 1.29 is 13.5 Å². The van der Waals surface area contributed by atoms with Gasteiger partial charge in [-0.15, -0.1) is 0 Å². The van der Waals surface area contributed by atoms with Gasteiger partial charge in [0.1, 0.15) is 4.90 Å². The molecule has 1 fully saturated rings. The minimum Gasteiger partial charge on any atom is -0.396 e. The molecule has 3 rings (SSSR count).